The number of hydrogen-bond acceptors (Lipinski definition) is 9. The third-order valence-electron chi connectivity index (χ3n) is 7.50. The Bertz CT molecular complexity index is 976. The molecule has 0 saturated carbocycles. The number of epoxide rings is 1. The summed E-state index contributed by atoms with van der Waals surface area (Å²) < 4.78 is 22.8. The monoisotopic (exact) mass is 549 g/mol. The normalized spacial score (nSPS) is 35.7. The van der Waals surface area contributed by atoms with Crippen LogP contribution in [0.1, 0.15) is 60.3 Å². The zero-order valence-corrected chi connectivity index (χ0v) is 23.4. The Kier molecular flexibility index (Phi) is 10.9. The molecule has 0 bridgehead atoms. The molecule has 1 spiro atoms. The van der Waals surface area contributed by atoms with Crippen LogP contribution in [0.15, 0.2) is 36.0 Å². The van der Waals surface area contributed by atoms with Crippen LogP contribution in [0.2, 0.25) is 0 Å². The molecule has 218 valence electrons. The van der Waals surface area contributed by atoms with Crippen molar-refractivity contribution in [2.75, 3.05) is 6.61 Å². The lowest BCUT2D eigenvalue weighted by atomic mass is 9.87. The van der Waals surface area contributed by atoms with Gasteiger partial charge in [0.2, 0.25) is 11.8 Å². The number of ether oxygens (including phenoxy) is 4. The molecule has 0 aromatic carbocycles. The molecule has 5 N–H and O–H groups in total. The number of esters is 1. The summed E-state index contributed by atoms with van der Waals surface area (Å²) in [4.78, 5) is 35.1. The van der Waals surface area contributed by atoms with Gasteiger partial charge >= 0.3 is 5.97 Å². The van der Waals surface area contributed by atoms with Crippen LogP contribution >= 0.6 is 0 Å². The molecule has 1 unspecified atom stereocenters. The van der Waals surface area contributed by atoms with Crippen molar-refractivity contribution in [3.63, 3.8) is 0 Å². The van der Waals surface area contributed by atoms with Gasteiger partial charge in [-0.25, -0.2) is 5.84 Å². The van der Waals surface area contributed by atoms with E-state index in [1.165, 1.54) is 13.0 Å². The summed E-state index contributed by atoms with van der Waals surface area (Å²) in [6, 6.07) is -0.126. The van der Waals surface area contributed by atoms with Gasteiger partial charge in [0.05, 0.1) is 37.4 Å². The van der Waals surface area contributed by atoms with Crippen molar-refractivity contribution in [2.45, 2.75) is 109 Å². The Morgan fingerprint density at radius 1 is 1.21 bits per heavy atom. The van der Waals surface area contributed by atoms with E-state index in [1.54, 1.807) is 13.0 Å². The number of nitrogens with one attached hydrogen (secondary N) is 2. The van der Waals surface area contributed by atoms with Crippen molar-refractivity contribution < 1.29 is 38.4 Å². The number of hydrazine groups is 1. The Hall–Kier alpha value is -2.57. The quantitative estimate of drug-likeness (QED) is 0.0599. The highest BCUT2D eigenvalue weighted by molar-refractivity contribution is 5.87. The summed E-state index contributed by atoms with van der Waals surface area (Å²) in [5.41, 5.74) is 2.45. The summed E-state index contributed by atoms with van der Waals surface area (Å²) in [7, 11) is 0. The first-order valence-corrected chi connectivity index (χ1v) is 13.6. The first-order valence-electron chi connectivity index (χ1n) is 13.6. The van der Waals surface area contributed by atoms with E-state index in [9.17, 15) is 19.5 Å². The fourth-order valence-electron chi connectivity index (χ4n) is 5.15. The summed E-state index contributed by atoms with van der Waals surface area (Å²) >= 11 is 0. The van der Waals surface area contributed by atoms with E-state index < -0.39 is 36.0 Å². The fraction of sp³-hybridized carbons (Fsp3) is 0.679. The molecular weight excluding hydrogens is 506 g/mol. The van der Waals surface area contributed by atoms with Crippen molar-refractivity contribution in [3.8, 4) is 0 Å². The van der Waals surface area contributed by atoms with E-state index >= 15 is 0 Å². The van der Waals surface area contributed by atoms with Crippen LogP contribution in [-0.4, -0.2) is 77.8 Å². The molecule has 3 saturated heterocycles. The molecule has 0 aromatic rings. The molecule has 39 heavy (non-hydrogen) atoms. The topological polar surface area (TPSA) is 162 Å². The van der Waals surface area contributed by atoms with Crippen molar-refractivity contribution in [2.24, 2.45) is 11.8 Å². The maximum atomic E-state index is 12.3. The average molecular weight is 550 g/mol. The van der Waals surface area contributed by atoms with E-state index in [2.05, 4.69) is 23.7 Å². The Balaban J connectivity index is 1.50. The minimum atomic E-state index is -0.812. The Labute approximate surface area is 230 Å². The molecule has 3 fully saturated rings. The predicted octanol–water partition coefficient (Wildman–Crippen LogP) is 1.35. The van der Waals surface area contributed by atoms with E-state index in [1.807, 2.05) is 26.0 Å². The van der Waals surface area contributed by atoms with Crippen LogP contribution < -0.4 is 16.6 Å². The van der Waals surface area contributed by atoms with Gasteiger partial charge in [0.15, 0.2) is 0 Å². The summed E-state index contributed by atoms with van der Waals surface area (Å²) in [6.45, 7) is 9.48. The molecular formula is C28H43N3O8. The molecule has 3 aliphatic heterocycles. The first kappa shape index (κ1) is 31.0. The average Bonchev–Trinajstić information content (AvgIpc) is 3.64. The summed E-state index contributed by atoms with van der Waals surface area (Å²) in [5, 5.41) is 13.7. The number of nitrogens with two attached hydrogens (primary N) is 1. The zero-order valence-electron chi connectivity index (χ0n) is 23.4. The second-order valence-electron chi connectivity index (χ2n) is 10.9. The molecule has 3 heterocycles. The van der Waals surface area contributed by atoms with Crippen LogP contribution in [0.3, 0.4) is 0 Å². The number of aliphatic hydroxyl groups is 1. The number of hydrogen-bond donors (Lipinski definition) is 4. The standard InChI is InChI=1S/C28H43N3O8/c1-16(7-10-24-27(35)28(15-36-28)14-21(39-24)13-26(34)31-29)6-9-23-17(2)12-22(19(4)38-23)30-25(33)11-8-18(3)37-20(5)32/h6-8,10-11,17-19,21-24,27,35H,9,12-15,29H2,1-5H3,(H,30,33)(H,31,34)/b10-7+,11-8-,16-6+/t17-,18-,19+,21+,22+,23-,24+,27+,28?/m0/s1. The second-order valence-corrected chi connectivity index (χ2v) is 10.9. The highest BCUT2D eigenvalue weighted by Gasteiger charge is 2.58. The van der Waals surface area contributed by atoms with Gasteiger partial charge < -0.3 is 29.4 Å². The van der Waals surface area contributed by atoms with E-state index in [0.29, 0.717) is 19.4 Å². The third-order valence-corrected chi connectivity index (χ3v) is 7.50. The van der Waals surface area contributed by atoms with Crippen LogP contribution in [0.4, 0.5) is 0 Å². The Morgan fingerprint density at radius 3 is 2.56 bits per heavy atom. The number of rotatable bonds is 10. The van der Waals surface area contributed by atoms with Gasteiger partial charge in [-0.1, -0.05) is 30.7 Å². The van der Waals surface area contributed by atoms with Crippen LogP contribution in [0, 0.1) is 5.92 Å². The molecule has 3 aliphatic rings. The second kappa shape index (κ2) is 13.7. The number of aliphatic hydroxyl groups excluding tert-OH is 1. The predicted molar refractivity (Wildman–Crippen MR) is 143 cm³/mol. The van der Waals surface area contributed by atoms with Gasteiger partial charge in [-0.2, -0.15) is 0 Å². The lowest BCUT2D eigenvalue weighted by Gasteiger charge is -2.39. The molecule has 3 rings (SSSR count). The van der Waals surface area contributed by atoms with E-state index in [4.69, 9.17) is 24.8 Å². The van der Waals surface area contributed by atoms with Crippen molar-refractivity contribution in [3.05, 3.63) is 36.0 Å². The SMILES string of the molecule is CC(=O)O[C@@H](C)/C=C\C(=O)N[C@@H]1C[C@H](C)[C@H](C/C=C(C)/C=C/[C@H]2O[C@H](CC(=O)NN)CC3(CO3)[C@@H]2O)O[C@@H]1C. The smallest absolute Gasteiger partial charge is 0.303 e. The summed E-state index contributed by atoms with van der Waals surface area (Å²) in [6.07, 6.45) is 8.30. The lowest BCUT2D eigenvalue weighted by molar-refractivity contribution is -0.145. The Morgan fingerprint density at radius 2 is 1.92 bits per heavy atom. The fourth-order valence-corrected chi connectivity index (χ4v) is 5.15. The van der Waals surface area contributed by atoms with Crippen LogP contribution in [0.5, 0.6) is 0 Å². The summed E-state index contributed by atoms with van der Waals surface area (Å²) in [5.74, 6) is 4.45. The third kappa shape index (κ3) is 8.97. The van der Waals surface area contributed by atoms with Gasteiger partial charge in [0.25, 0.3) is 0 Å². The van der Waals surface area contributed by atoms with Gasteiger partial charge in [-0.05, 0) is 45.6 Å². The van der Waals surface area contributed by atoms with Crippen molar-refractivity contribution in [1.29, 1.82) is 0 Å². The van der Waals surface area contributed by atoms with Crippen molar-refractivity contribution in [1.82, 2.24) is 10.7 Å². The minimum absolute atomic E-state index is 0.00478. The van der Waals surface area contributed by atoms with Gasteiger partial charge in [0.1, 0.15) is 23.9 Å². The number of amides is 2. The minimum Gasteiger partial charge on any atom is -0.459 e. The number of carbonyl (C=O) groups excluding carboxylic acids is 3. The molecule has 2 amide bonds. The van der Waals surface area contributed by atoms with Gasteiger partial charge in [-0.3, -0.25) is 19.8 Å². The van der Waals surface area contributed by atoms with Crippen molar-refractivity contribution >= 4 is 17.8 Å². The molecule has 0 aliphatic carbocycles. The maximum absolute atomic E-state index is 12.3. The van der Waals surface area contributed by atoms with Gasteiger partial charge in [0, 0.05) is 19.4 Å². The first-order chi connectivity index (χ1) is 18.4. The van der Waals surface area contributed by atoms with Crippen LogP contribution in [-0.2, 0) is 33.3 Å². The zero-order chi connectivity index (χ0) is 28.7. The van der Waals surface area contributed by atoms with E-state index in [-0.39, 0.29) is 42.4 Å². The highest BCUT2D eigenvalue weighted by Crippen LogP contribution is 2.43. The molecule has 11 nitrogen and oxygen atoms in total. The number of allylic oxidation sites excluding steroid dienone is 2. The number of carbonyl (C=O) groups is 3. The largest absolute Gasteiger partial charge is 0.459 e. The molecule has 0 radical (unpaired) electrons. The van der Waals surface area contributed by atoms with E-state index in [0.717, 1.165) is 12.0 Å². The molecule has 11 heteroatoms. The highest BCUT2D eigenvalue weighted by atomic mass is 16.6. The van der Waals surface area contributed by atoms with Gasteiger partial charge in [-0.15, -0.1) is 0 Å². The molecule has 0 aromatic heterocycles. The van der Waals surface area contributed by atoms with Crippen LogP contribution in [0.25, 0.3) is 0 Å². The maximum Gasteiger partial charge on any atom is 0.303 e. The lowest BCUT2D eigenvalue weighted by Crippen LogP contribution is -2.51. The molecule has 9 atom stereocenters.